The molecule has 15 heavy (non-hydrogen) atoms. The summed E-state index contributed by atoms with van der Waals surface area (Å²) >= 11 is 5.94. The molecular weight excluding hydrogens is 210 g/mol. The Hall–Kier alpha value is -0.570. The van der Waals surface area contributed by atoms with Gasteiger partial charge in [-0.25, -0.2) is 0 Å². The molecule has 0 unspecified atom stereocenters. The Labute approximate surface area is 95.6 Å². The number of hydrogen-bond acceptors (Lipinski definition) is 2. The maximum absolute atomic E-state index is 5.94. The number of rotatable bonds is 3. The Morgan fingerprint density at radius 3 is 3.07 bits per heavy atom. The van der Waals surface area contributed by atoms with Gasteiger partial charge in [0.15, 0.2) is 0 Å². The van der Waals surface area contributed by atoms with Crippen LogP contribution in [0.5, 0.6) is 0 Å². The van der Waals surface area contributed by atoms with E-state index in [1.54, 1.807) is 0 Å². The number of ether oxygens (including phenoxy) is 1. The van der Waals surface area contributed by atoms with Crippen LogP contribution in [0.3, 0.4) is 0 Å². The van der Waals surface area contributed by atoms with Crippen molar-refractivity contribution >= 4 is 11.6 Å². The van der Waals surface area contributed by atoms with Gasteiger partial charge in [0.2, 0.25) is 0 Å². The molecule has 0 aliphatic carbocycles. The summed E-state index contributed by atoms with van der Waals surface area (Å²) in [4.78, 5) is 0. The van der Waals surface area contributed by atoms with Gasteiger partial charge in [-0.3, -0.25) is 0 Å². The van der Waals surface area contributed by atoms with Gasteiger partial charge in [0, 0.05) is 11.6 Å². The molecule has 0 saturated carbocycles. The van der Waals surface area contributed by atoms with E-state index < -0.39 is 0 Å². The second-order valence-corrected chi connectivity index (χ2v) is 4.38. The largest absolute Gasteiger partial charge is 0.369 e. The number of benzene rings is 1. The van der Waals surface area contributed by atoms with Crippen LogP contribution in [-0.2, 0) is 4.74 Å². The van der Waals surface area contributed by atoms with E-state index in [9.17, 15) is 0 Å². The molecule has 0 amide bonds. The molecule has 82 valence electrons. The molecule has 0 aromatic heterocycles. The maximum Gasteiger partial charge on any atom is 0.0801 e. The fourth-order valence-electron chi connectivity index (χ4n) is 1.87. The lowest BCUT2D eigenvalue weighted by molar-refractivity contribution is 0.00829. The highest BCUT2D eigenvalue weighted by Gasteiger charge is 2.18. The molecule has 2 nitrogen and oxygen atoms in total. The predicted octanol–water partition coefficient (Wildman–Crippen LogP) is 2.78. The number of halogens is 1. The Kier molecular flexibility index (Phi) is 3.62. The predicted molar refractivity (Wildman–Crippen MR) is 62.2 cm³/mol. The Morgan fingerprint density at radius 1 is 1.53 bits per heavy atom. The molecule has 1 saturated heterocycles. The molecule has 1 heterocycles. The van der Waals surface area contributed by atoms with E-state index in [2.05, 4.69) is 18.3 Å². The summed E-state index contributed by atoms with van der Waals surface area (Å²) in [5.74, 6) is 0. The molecule has 0 radical (unpaired) electrons. The van der Waals surface area contributed by atoms with E-state index in [1.165, 1.54) is 0 Å². The van der Waals surface area contributed by atoms with E-state index in [-0.39, 0.29) is 6.10 Å². The Balaban J connectivity index is 1.97. The highest BCUT2D eigenvalue weighted by Crippen LogP contribution is 2.22. The van der Waals surface area contributed by atoms with E-state index in [4.69, 9.17) is 16.3 Å². The number of nitrogens with one attached hydrogen (secondary N) is 1. The SMILES string of the molecule is C[C@@H](O[C@@H]1CCNC1)c1cccc(Cl)c1. The first kappa shape index (κ1) is 10.9. The highest BCUT2D eigenvalue weighted by atomic mass is 35.5. The summed E-state index contributed by atoms with van der Waals surface area (Å²) in [6.07, 6.45) is 1.57. The van der Waals surface area contributed by atoms with Crippen molar-refractivity contribution in [3.05, 3.63) is 34.9 Å². The molecular formula is C12H16ClNO. The molecule has 3 heteroatoms. The van der Waals surface area contributed by atoms with Crippen LogP contribution in [0.25, 0.3) is 0 Å². The molecule has 1 aliphatic rings. The highest BCUT2D eigenvalue weighted by molar-refractivity contribution is 6.30. The van der Waals surface area contributed by atoms with Crippen molar-refractivity contribution in [2.45, 2.75) is 25.6 Å². The molecule has 2 rings (SSSR count). The molecule has 2 atom stereocenters. The smallest absolute Gasteiger partial charge is 0.0801 e. The second kappa shape index (κ2) is 4.97. The minimum Gasteiger partial charge on any atom is -0.369 e. The molecule has 1 fully saturated rings. The first-order valence-corrected chi connectivity index (χ1v) is 5.75. The minimum absolute atomic E-state index is 0.119. The van der Waals surface area contributed by atoms with E-state index in [0.717, 1.165) is 30.1 Å². The van der Waals surface area contributed by atoms with Gasteiger partial charge in [0.25, 0.3) is 0 Å². The summed E-state index contributed by atoms with van der Waals surface area (Å²) < 4.78 is 5.93. The van der Waals surface area contributed by atoms with Gasteiger partial charge in [0.05, 0.1) is 12.2 Å². The third-order valence-electron chi connectivity index (χ3n) is 2.73. The molecule has 1 aliphatic heterocycles. The molecule has 1 aromatic carbocycles. The van der Waals surface area contributed by atoms with Gasteiger partial charge >= 0.3 is 0 Å². The Bertz CT molecular complexity index is 323. The molecule has 0 spiro atoms. The second-order valence-electron chi connectivity index (χ2n) is 3.95. The quantitative estimate of drug-likeness (QED) is 0.854. The van der Waals surface area contributed by atoms with Crippen LogP contribution in [0.4, 0.5) is 0 Å². The van der Waals surface area contributed by atoms with Crippen LogP contribution >= 0.6 is 11.6 Å². The fraction of sp³-hybridized carbons (Fsp3) is 0.500. The van der Waals surface area contributed by atoms with Crippen LogP contribution in [0, 0.1) is 0 Å². The van der Waals surface area contributed by atoms with E-state index in [0.29, 0.717) is 6.10 Å². The molecule has 0 bridgehead atoms. The zero-order chi connectivity index (χ0) is 10.7. The Morgan fingerprint density at radius 2 is 2.40 bits per heavy atom. The first-order valence-electron chi connectivity index (χ1n) is 5.37. The topological polar surface area (TPSA) is 21.3 Å². The maximum atomic E-state index is 5.94. The monoisotopic (exact) mass is 225 g/mol. The fourth-order valence-corrected chi connectivity index (χ4v) is 2.07. The van der Waals surface area contributed by atoms with Crippen molar-refractivity contribution < 1.29 is 4.74 Å². The third-order valence-corrected chi connectivity index (χ3v) is 2.96. The lowest BCUT2D eigenvalue weighted by Crippen LogP contribution is -2.18. The van der Waals surface area contributed by atoms with Gasteiger partial charge in [-0.15, -0.1) is 0 Å². The van der Waals surface area contributed by atoms with Crippen LogP contribution in [0.2, 0.25) is 5.02 Å². The van der Waals surface area contributed by atoms with Gasteiger partial charge in [-0.2, -0.15) is 0 Å². The summed E-state index contributed by atoms with van der Waals surface area (Å²) in [5.41, 5.74) is 1.15. The van der Waals surface area contributed by atoms with Gasteiger partial charge < -0.3 is 10.1 Å². The third kappa shape index (κ3) is 2.94. The van der Waals surface area contributed by atoms with Crippen molar-refractivity contribution in [3.8, 4) is 0 Å². The normalized spacial score (nSPS) is 22.9. The summed E-state index contributed by atoms with van der Waals surface area (Å²) in [6, 6.07) is 7.87. The zero-order valence-electron chi connectivity index (χ0n) is 8.87. The van der Waals surface area contributed by atoms with Crippen LogP contribution in [0.15, 0.2) is 24.3 Å². The lowest BCUT2D eigenvalue weighted by atomic mass is 10.1. The first-order chi connectivity index (χ1) is 7.25. The zero-order valence-corrected chi connectivity index (χ0v) is 9.63. The van der Waals surface area contributed by atoms with E-state index >= 15 is 0 Å². The average molecular weight is 226 g/mol. The van der Waals surface area contributed by atoms with Crippen molar-refractivity contribution in [1.82, 2.24) is 5.32 Å². The number of hydrogen-bond donors (Lipinski definition) is 1. The average Bonchev–Trinajstić information content (AvgIpc) is 2.70. The van der Waals surface area contributed by atoms with E-state index in [1.807, 2.05) is 18.2 Å². The summed E-state index contributed by atoms with van der Waals surface area (Å²) in [5, 5.41) is 4.06. The standard InChI is InChI=1S/C12H16ClNO/c1-9(15-12-5-6-14-8-12)10-3-2-4-11(13)7-10/h2-4,7,9,12,14H,5-6,8H2,1H3/t9-,12-/m1/s1. The van der Waals surface area contributed by atoms with Gasteiger partial charge in [-0.05, 0) is 37.6 Å². The van der Waals surface area contributed by atoms with Crippen LogP contribution in [0.1, 0.15) is 25.0 Å². The summed E-state index contributed by atoms with van der Waals surface area (Å²) in [7, 11) is 0. The molecule has 1 N–H and O–H groups in total. The van der Waals surface area contributed by atoms with Crippen molar-refractivity contribution in [2.24, 2.45) is 0 Å². The van der Waals surface area contributed by atoms with Crippen LogP contribution < -0.4 is 5.32 Å². The van der Waals surface area contributed by atoms with Crippen molar-refractivity contribution in [1.29, 1.82) is 0 Å². The minimum atomic E-state index is 0.119. The van der Waals surface area contributed by atoms with Gasteiger partial charge in [0.1, 0.15) is 0 Å². The lowest BCUT2D eigenvalue weighted by Gasteiger charge is -2.18. The van der Waals surface area contributed by atoms with Gasteiger partial charge in [-0.1, -0.05) is 23.7 Å². The van der Waals surface area contributed by atoms with Crippen molar-refractivity contribution in [2.75, 3.05) is 13.1 Å². The molecule has 1 aromatic rings. The summed E-state index contributed by atoms with van der Waals surface area (Å²) in [6.45, 7) is 4.10. The van der Waals surface area contributed by atoms with Crippen molar-refractivity contribution in [3.63, 3.8) is 0 Å². The van der Waals surface area contributed by atoms with Crippen LogP contribution in [-0.4, -0.2) is 19.2 Å².